The second kappa shape index (κ2) is 9.75. The lowest BCUT2D eigenvalue weighted by molar-refractivity contribution is -0.113. The summed E-state index contributed by atoms with van der Waals surface area (Å²) in [5.74, 6) is 2.80. The number of anilines is 1. The van der Waals surface area contributed by atoms with Crippen LogP contribution in [0.2, 0.25) is 5.02 Å². The van der Waals surface area contributed by atoms with Crippen LogP contribution in [-0.2, 0) is 11.3 Å². The summed E-state index contributed by atoms with van der Waals surface area (Å²) < 4.78 is 7.54. The van der Waals surface area contributed by atoms with Crippen LogP contribution in [0.4, 0.5) is 5.69 Å². The zero-order valence-electron chi connectivity index (χ0n) is 17.5. The molecule has 0 radical (unpaired) electrons. The van der Waals surface area contributed by atoms with E-state index in [4.69, 9.17) is 16.3 Å². The number of thioether (sulfide) groups is 1. The fourth-order valence-corrected chi connectivity index (χ4v) is 4.60. The molecule has 0 unspecified atom stereocenters. The molecule has 2 atom stereocenters. The first-order chi connectivity index (χ1) is 15.1. The highest BCUT2D eigenvalue weighted by atomic mass is 35.5. The number of rotatable bonds is 9. The quantitative estimate of drug-likeness (QED) is 0.439. The second-order valence-electron chi connectivity index (χ2n) is 7.38. The maximum absolute atomic E-state index is 12.4. The first-order valence-electron chi connectivity index (χ1n) is 10.4. The van der Waals surface area contributed by atoms with Gasteiger partial charge in [0.05, 0.1) is 12.4 Å². The van der Waals surface area contributed by atoms with Gasteiger partial charge < -0.3 is 14.6 Å². The van der Waals surface area contributed by atoms with Gasteiger partial charge in [0.15, 0.2) is 5.16 Å². The van der Waals surface area contributed by atoms with E-state index < -0.39 is 0 Å². The summed E-state index contributed by atoms with van der Waals surface area (Å²) >= 11 is 7.42. The van der Waals surface area contributed by atoms with Gasteiger partial charge in [-0.05, 0) is 68.1 Å². The molecule has 31 heavy (non-hydrogen) atoms. The van der Waals surface area contributed by atoms with E-state index in [1.165, 1.54) is 17.3 Å². The third kappa shape index (κ3) is 5.22. The van der Waals surface area contributed by atoms with E-state index in [1.807, 2.05) is 43.3 Å². The van der Waals surface area contributed by atoms with Crippen LogP contribution in [0.3, 0.4) is 0 Å². The van der Waals surface area contributed by atoms with E-state index >= 15 is 0 Å². The van der Waals surface area contributed by atoms with Crippen molar-refractivity contribution in [2.24, 2.45) is 0 Å². The molecule has 1 fully saturated rings. The highest BCUT2D eigenvalue weighted by molar-refractivity contribution is 7.99. The number of carbonyl (C=O) groups excluding carboxylic acids is 1. The average Bonchev–Trinajstić information content (AvgIpc) is 3.46. The Morgan fingerprint density at radius 2 is 1.87 bits per heavy atom. The van der Waals surface area contributed by atoms with Crippen LogP contribution in [0.5, 0.6) is 5.75 Å². The average molecular weight is 457 g/mol. The van der Waals surface area contributed by atoms with Gasteiger partial charge in [0.2, 0.25) is 5.91 Å². The molecule has 0 saturated heterocycles. The van der Waals surface area contributed by atoms with Crippen molar-refractivity contribution >= 4 is 35.0 Å². The largest absolute Gasteiger partial charge is 0.494 e. The first kappa shape index (κ1) is 21.7. The smallest absolute Gasteiger partial charge is 0.234 e. The molecule has 0 aliphatic heterocycles. The van der Waals surface area contributed by atoms with Crippen LogP contribution >= 0.6 is 23.4 Å². The predicted octanol–water partition coefficient (Wildman–Crippen LogP) is 5.35. The SMILES string of the molecule is CCOc1ccc(NC(=O)CSc2nnc([C@H]3C[C@H]3c3ccc(Cl)cc3)n2CC)cc1. The van der Waals surface area contributed by atoms with Crippen LogP contribution in [0.15, 0.2) is 53.7 Å². The Kier molecular flexibility index (Phi) is 6.83. The van der Waals surface area contributed by atoms with Gasteiger partial charge in [-0.15, -0.1) is 10.2 Å². The number of ether oxygens (including phenoxy) is 1. The summed E-state index contributed by atoms with van der Waals surface area (Å²) in [4.78, 5) is 12.4. The summed E-state index contributed by atoms with van der Waals surface area (Å²) in [5.41, 5.74) is 2.03. The fourth-order valence-electron chi connectivity index (χ4n) is 3.67. The maximum Gasteiger partial charge on any atom is 0.234 e. The molecule has 162 valence electrons. The summed E-state index contributed by atoms with van der Waals surface area (Å²) in [7, 11) is 0. The Morgan fingerprint density at radius 3 is 2.55 bits per heavy atom. The van der Waals surface area contributed by atoms with Gasteiger partial charge in [-0.1, -0.05) is 35.5 Å². The lowest BCUT2D eigenvalue weighted by Gasteiger charge is -2.08. The minimum Gasteiger partial charge on any atom is -0.494 e. The Bertz CT molecular complexity index is 1040. The molecule has 4 rings (SSSR count). The fraction of sp³-hybridized carbons (Fsp3) is 0.348. The molecule has 6 nitrogen and oxygen atoms in total. The van der Waals surface area contributed by atoms with Crippen LogP contribution < -0.4 is 10.1 Å². The third-order valence-corrected chi connectivity index (χ3v) is 6.48. The van der Waals surface area contributed by atoms with E-state index in [-0.39, 0.29) is 11.7 Å². The number of aromatic nitrogens is 3. The van der Waals surface area contributed by atoms with Crippen LogP contribution in [0, 0.1) is 0 Å². The van der Waals surface area contributed by atoms with Crippen molar-refractivity contribution in [2.45, 2.75) is 43.8 Å². The third-order valence-electron chi connectivity index (χ3n) is 5.26. The standard InChI is InChI=1S/C23H25ClN4O2S/c1-3-28-22(20-13-19(20)15-5-7-16(24)8-6-15)26-27-23(28)31-14-21(29)25-17-9-11-18(12-10-17)30-4-2/h5-12,19-20H,3-4,13-14H2,1-2H3,(H,25,29)/t19-,20-/m0/s1. The summed E-state index contributed by atoms with van der Waals surface area (Å²) in [6, 6.07) is 15.4. The highest BCUT2D eigenvalue weighted by Gasteiger charge is 2.43. The molecule has 1 saturated carbocycles. The molecule has 2 aromatic carbocycles. The molecule has 0 spiro atoms. The molecule has 1 aliphatic carbocycles. The van der Waals surface area contributed by atoms with E-state index in [0.29, 0.717) is 18.4 Å². The van der Waals surface area contributed by atoms with Crippen LogP contribution in [-0.4, -0.2) is 33.0 Å². The van der Waals surface area contributed by atoms with Crippen molar-refractivity contribution in [1.29, 1.82) is 0 Å². The Hall–Kier alpha value is -2.51. The minimum atomic E-state index is -0.0770. The topological polar surface area (TPSA) is 69.0 Å². The van der Waals surface area contributed by atoms with E-state index in [1.54, 1.807) is 0 Å². The number of benzene rings is 2. The second-order valence-corrected chi connectivity index (χ2v) is 8.76. The lowest BCUT2D eigenvalue weighted by Crippen LogP contribution is -2.14. The Labute approximate surface area is 191 Å². The number of nitrogens with zero attached hydrogens (tertiary/aromatic N) is 3. The molecule has 0 bridgehead atoms. The number of hydrogen-bond acceptors (Lipinski definition) is 5. The van der Waals surface area contributed by atoms with E-state index in [9.17, 15) is 4.79 Å². The summed E-state index contributed by atoms with van der Waals surface area (Å²) in [5, 5.41) is 13.3. The molecule has 1 aliphatic rings. The van der Waals surface area contributed by atoms with Gasteiger partial charge in [-0.2, -0.15) is 0 Å². The van der Waals surface area contributed by atoms with Crippen molar-refractivity contribution in [3.05, 3.63) is 64.9 Å². The molecule has 3 aromatic rings. The van der Waals surface area contributed by atoms with Gasteiger partial charge >= 0.3 is 0 Å². The van der Waals surface area contributed by atoms with Crippen molar-refractivity contribution in [1.82, 2.24) is 14.8 Å². The number of nitrogens with one attached hydrogen (secondary N) is 1. The Balaban J connectivity index is 1.35. The molecular formula is C23H25ClN4O2S. The van der Waals surface area contributed by atoms with E-state index in [0.717, 1.165) is 40.4 Å². The van der Waals surface area contributed by atoms with Gasteiger partial charge in [-0.25, -0.2) is 0 Å². The van der Waals surface area contributed by atoms with Crippen molar-refractivity contribution < 1.29 is 9.53 Å². The zero-order valence-corrected chi connectivity index (χ0v) is 19.1. The normalized spacial score (nSPS) is 17.4. The highest BCUT2D eigenvalue weighted by Crippen LogP contribution is 2.54. The zero-order chi connectivity index (χ0) is 21.8. The number of amides is 1. The molecule has 1 N–H and O–H groups in total. The monoisotopic (exact) mass is 456 g/mol. The summed E-state index contributed by atoms with van der Waals surface area (Å²) in [6.07, 6.45) is 1.06. The van der Waals surface area contributed by atoms with E-state index in [2.05, 4.69) is 39.1 Å². The first-order valence-corrected chi connectivity index (χ1v) is 11.8. The number of carbonyl (C=O) groups is 1. The molecule has 1 amide bonds. The van der Waals surface area contributed by atoms with Gasteiger partial charge in [0.1, 0.15) is 11.6 Å². The van der Waals surface area contributed by atoms with Gasteiger partial charge in [0, 0.05) is 23.2 Å². The van der Waals surface area contributed by atoms with Crippen LogP contribution in [0.1, 0.15) is 43.5 Å². The maximum atomic E-state index is 12.4. The van der Waals surface area contributed by atoms with Gasteiger partial charge in [-0.3, -0.25) is 4.79 Å². The predicted molar refractivity (Wildman–Crippen MR) is 124 cm³/mol. The molecular weight excluding hydrogens is 432 g/mol. The number of halogens is 1. The van der Waals surface area contributed by atoms with Crippen molar-refractivity contribution in [3.8, 4) is 5.75 Å². The number of hydrogen-bond donors (Lipinski definition) is 1. The molecule has 1 heterocycles. The Morgan fingerprint density at radius 1 is 1.13 bits per heavy atom. The summed E-state index contributed by atoms with van der Waals surface area (Å²) in [6.45, 7) is 5.41. The minimum absolute atomic E-state index is 0.0770. The lowest BCUT2D eigenvalue weighted by atomic mass is 10.1. The molecule has 8 heteroatoms. The van der Waals surface area contributed by atoms with Crippen molar-refractivity contribution in [2.75, 3.05) is 17.7 Å². The van der Waals surface area contributed by atoms with Crippen LogP contribution in [0.25, 0.3) is 0 Å². The molecule has 1 aromatic heterocycles. The van der Waals surface area contributed by atoms with Crippen molar-refractivity contribution in [3.63, 3.8) is 0 Å². The van der Waals surface area contributed by atoms with Gasteiger partial charge in [0.25, 0.3) is 0 Å².